The Bertz CT molecular complexity index is 520. The van der Waals surface area contributed by atoms with E-state index in [4.69, 9.17) is 4.74 Å². The van der Waals surface area contributed by atoms with Crippen molar-refractivity contribution in [2.24, 2.45) is 0 Å². The van der Waals surface area contributed by atoms with Gasteiger partial charge in [0.25, 0.3) is 0 Å². The van der Waals surface area contributed by atoms with E-state index < -0.39 is 0 Å². The van der Waals surface area contributed by atoms with Gasteiger partial charge >= 0.3 is 0 Å². The Morgan fingerprint density at radius 3 is 2.89 bits per heavy atom. The third kappa shape index (κ3) is 3.89. The quantitative estimate of drug-likeness (QED) is 0.887. The van der Waals surface area contributed by atoms with Gasteiger partial charge in [-0.2, -0.15) is 5.10 Å². The second-order valence-corrected chi connectivity index (χ2v) is 4.26. The Hall–Kier alpha value is -2.21. The first-order valence-corrected chi connectivity index (χ1v) is 6.02. The van der Waals surface area contributed by atoms with E-state index in [1.165, 1.54) is 0 Å². The normalized spacial score (nSPS) is 10.7. The van der Waals surface area contributed by atoms with Gasteiger partial charge in [-0.25, -0.2) is 9.67 Å². The number of carbonyl (C=O) groups is 1. The lowest BCUT2D eigenvalue weighted by molar-refractivity contribution is -0.121. The molecule has 2 aromatic heterocycles. The molecule has 2 rings (SSSR count). The van der Waals surface area contributed by atoms with Crippen molar-refractivity contribution in [2.45, 2.75) is 20.0 Å². The van der Waals surface area contributed by atoms with E-state index in [9.17, 15) is 4.79 Å². The Morgan fingerprint density at radius 2 is 2.32 bits per heavy atom. The highest BCUT2D eigenvalue weighted by Gasteiger charge is 2.05. The van der Waals surface area contributed by atoms with Crippen molar-refractivity contribution in [3.05, 3.63) is 36.8 Å². The van der Waals surface area contributed by atoms with Gasteiger partial charge in [0.2, 0.25) is 5.91 Å². The topological polar surface area (TPSA) is 69.0 Å². The molecule has 0 aliphatic carbocycles. The molecule has 1 amide bonds. The summed E-state index contributed by atoms with van der Waals surface area (Å²) >= 11 is 0. The van der Waals surface area contributed by atoms with Gasteiger partial charge in [-0.3, -0.25) is 4.79 Å². The molecular weight excluding hydrogens is 244 g/mol. The highest BCUT2D eigenvalue weighted by Crippen LogP contribution is 2.08. The number of carbonyl (C=O) groups excluding carboxylic acids is 1. The van der Waals surface area contributed by atoms with Crippen molar-refractivity contribution in [1.82, 2.24) is 14.8 Å². The molecule has 0 unspecified atom stereocenters. The molecule has 0 bridgehead atoms. The van der Waals surface area contributed by atoms with Gasteiger partial charge in [-0.15, -0.1) is 0 Å². The molecule has 2 aromatic rings. The van der Waals surface area contributed by atoms with Crippen molar-refractivity contribution >= 4 is 11.6 Å². The molecule has 100 valence electrons. The molecule has 0 atom stereocenters. The van der Waals surface area contributed by atoms with Crippen molar-refractivity contribution < 1.29 is 9.53 Å². The molecule has 0 saturated heterocycles. The number of pyridine rings is 1. The Labute approximate surface area is 111 Å². The molecular formula is C13H16N4O2. The Morgan fingerprint density at radius 1 is 1.47 bits per heavy atom. The molecule has 0 fully saturated rings. The van der Waals surface area contributed by atoms with E-state index in [1.54, 1.807) is 35.4 Å². The number of hydrogen-bond donors (Lipinski definition) is 1. The average molecular weight is 260 g/mol. The molecule has 0 spiro atoms. The number of aromatic nitrogens is 3. The molecule has 6 heteroatoms. The minimum Gasteiger partial charge on any atom is -0.369 e. The highest BCUT2D eigenvalue weighted by atomic mass is 16.5. The van der Waals surface area contributed by atoms with Crippen LogP contribution in [0.4, 0.5) is 5.69 Å². The SMILES string of the molecule is CC(C)OCC(=O)Nc1ccc(-n2cccn2)nc1. The number of nitrogens with one attached hydrogen (secondary N) is 1. The molecule has 1 N–H and O–H groups in total. The van der Waals surface area contributed by atoms with E-state index in [2.05, 4.69) is 15.4 Å². The summed E-state index contributed by atoms with van der Waals surface area (Å²) in [6.45, 7) is 3.81. The molecule has 0 aliphatic rings. The summed E-state index contributed by atoms with van der Waals surface area (Å²) in [5.74, 6) is 0.503. The van der Waals surface area contributed by atoms with Gasteiger partial charge in [0.15, 0.2) is 5.82 Å². The van der Waals surface area contributed by atoms with Gasteiger partial charge in [0.1, 0.15) is 6.61 Å². The van der Waals surface area contributed by atoms with Crippen LogP contribution in [-0.4, -0.2) is 33.4 Å². The molecule has 0 aliphatic heterocycles. The van der Waals surface area contributed by atoms with E-state index in [1.807, 2.05) is 19.9 Å². The lowest BCUT2D eigenvalue weighted by atomic mass is 10.4. The smallest absolute Gasteiger partial charge is 0.250 e. The van der Waals surface area contributed by atoms with Crippen molar-refractivity contribution in [1.29, 1.82) is 0 Å². The summed E-state index contributed by atoms with van der Waals surface area (Å²) in [7, 11) is 0. The lowest BCUT2D eigenvalue weighted by Gasteiger charge is -2.08. The first-order chi connectivity index (χ1) is 9.15. The van der Waals surface area contributed by atoms with Crippen LogP contribution in [0.1, 0.15) is 13.8 Å². The van der Waals surface area contributed by atoms with Crippen LogP contribution in [0.15, 0.2) is 36.8 Å². The minimum atomic E-state index is -0.192. The lowest BCUT2D eigenvalue weighted by Crippen LogP contribution is -2.20. The number of rotatable bonds is 5. The van der Waals surface area contributed by atoms with Gasteiger partial charge in [-0.05, 0) is 32.0 Å². The third-order valence-electron chi connectivity index (χ3n) is 2.32. The Balaban J connectivity index is 1.94. The highest BCUT2D eigenvalue weighted by molar-refractivity contribution is 5.91. The maximum absolute atomic E-state index is 11.5. The molecule has 6 nitrogen and oxygen atoms in total. The fourth-order valence-electron chi connectivity index (χ4n) is 1.44. The predicted octanol–water partition coefficient (Wildman–Crippen LogP) is 1.63. The maximum Gasteiger partial charge on any atom is 0.250 e. The maximum atomic E-state index is 11.5. The molecule has 19 heavy (non-hydrogen) atoms. The second-order valence-electron chi connectivity index (χ2n) is 4.26. The van der Waals surface area contributed by atoms with Crippen molar-refractivity contribution in [3.8, 4) is 5.82 Å². The summed E-state index contributed by atoms with van der Waals surface area (Å²) in [4.78, 5) is 15.8. The van der Waals surface area contributed by atoms with Crippen LogP contribution < -0.4 is 5.32 Å². The van der Waals surface area contributed by atoms with Gasteiger partial charge in [0.05, 0.1) is 18.0 Å². The van der Waals surface area contributed by atoms with Crippen LogP contribution in [0.5, 0.6) is 0 Å². The number of hydrogen-bond acceptors (Lipinski definition) is 4. The third-order valence-corrected chi connectivity index (χ3v) is 2.32. The second kappa shape index (κ2) is 6.10. The number of anilines is 1. The van der Waals surface area contributed by atoms with E-state index >= 15 is 0 Å². The molecule has 0 radical (unpaired) electrons. The number of amides is 1. The number of ether oxygens (including phenoxy) is 1. The van der Waals surface area contributed by atoms with E-state index in [-0.39, 0.29) is 18.6 Å². The summed E-state index contributed by atoms with van der Waals surface area (Å²) < 4.78 is 6.86. The summed E-state index contributed by atoms with van der Waals surface area (Å²) in [5.41, 5.74) is 0.633. The fraction of sp³-hybridized carbons (Fsp3) is 0.308. The minimum absolute atomic E-state index is 0.0334. The zero-order chi connectivity index (χ0) is 13.7. The van der Waals surface area contributed by atoms with Crippen LogP contribution >= 0.6 is 0 Å². The first-order valence-electron chi connectivity index (χ1n) is 6.02. The zero-order valence-electron chi connectivity index (χ0n) is 10.9. The standard InChI is InChI=1S/C13H16N4O2/c1-10(2)19-9-13(18)16-11-4-5-12(14-8-11)17-7-3-6-15-17/h3-8,10H,9H2,1-2H3,(H,16,18). The molecule has 0 aromatic carbocycles. The van der Waals surface area contributed by atoms with Crippen molar-refractivity contribution in [3.63, 3.8) is 0 Å². The van der Waals surface area contributed by atoms with E-state index in [0.717, 1.165) is 0 Å². The molecule has 2 heterocycles. The van der Waals surface area contributed by atoms with Crippen molar-refractivity contribution in [2.75, 3.05) is 11.9 Å². The Kier molecular flexibility index (Phi) is 4.25. The van der Waals surface area contributed by atoms with Crippen LogP contribution in [0.2, 0.25) is 0 Å². The number of nitrogens with zero attached hydrogens (tertiary/aromatic N) is 3. The van der Waals surface area contributed by atoms with Crippen LogP contribution in [-0.2, 0) is 9.53 Å². The average Bonchev–Trinajstić information content (AvgIpc) is 2.91. The zero-order valence-corrected chi connectivity index (χ0v) is 10.9. The van der Waals surface area contributed by atoms with E-state index in [0.29, 0.717) is 11.5 Å². The fourth-order valence-corrected chi connectivity index (χ4v) is 1.44. The van der Waals surface area contributed by atoms with Crippen LogP contribution in [0.3, 0.4) is 0 Å². The molecule has 0 saturated carbocycles. The van der Waals surface area contributed by atoms with Crippen LogP contribution in [0, 0.1) is 0 Å². The van der Waals surface area contributed by atoms with Crippen LogP contribution in [0.25, 0.3) is 5.82 Å². The predicted molar refractivity (Wildman–Crippen MR) is 71.1 cm³/mol. The summed E-state index contributed by atoms with van der Waals surface area (Å²) in [5, 5.41) is 6.79. The largest absolute Gasteiger partial charge is 0.369 e. The van der Waals surface area contributed by atoms with Gasteiger partial charge in [0, 0.05) is 12.4 Å². The van der Waals surface area contributed by atoms with Gasteiger partial charge < -0.3 is 10.1 Å². The first kappa shape index (κ1) is 13.2. The monoisotopic (exact) mass is 260 g/mol. The van der Waals surface area contributed by atoms with Gasteiger partial charge in [-0.1, -0.05) is 0 Å². The summed E-state index contributed by atoms with van der Waals surface area (Å²) in [6.07, 6.45) is 5.10. The summed E-state index contributed by atoms with van der Waals surface area (Å²) in [6, 6.07) is 5.38.